The third kappa shape index (κ3) is 4.20. The fourth-order valence-corrected chi connectivity index (χ4v) is 4.93. The van der Waals surface area contributed by atoms with E-state index >= 15 is 0 Å². The van der Waals surface area contributed by atoms with Crippen molar-refractivity contribution in [3.8, 4) is 0 Å². The average molecular weight is 380 g/mol. The SMILES string of the molecule is CNC1CCN(C(=O)c2cccc(NS(=O)(=O)c3cccs3)c2)CC1. The topological polar surface area (TPSA) is 78.5 Å². The van der Waals surface area contributed by atoms with Crippen LogP contribution in [-0.4, -0.2) is 45.4 Å². The van der Waals surface area contributed by atoms with Gasteiger partial charge in [-0.25, -0.2) is 8.42 Å². The standard InChI is InChI=1S/C17H21N3O3S2/c1-18-14-7-9-20(10-8-14)17(21)13-4-2-5-15(12-13)19-25(22,23)16-6-3-11-24-16/h2-6,11-12,14,18-19H,7-10H2,1H3. The first kappa shape index (κ1) is 17.9. The molecular weight excluding hydrogens is 358 g/mol. The van der Waals surface area contributed by atoms with E-state index < -0.39 is 10.0 Å². The van der Waals surface area contributed by atoms with E-state index in [0.717, 1.165) is 24.2 Å². The van der Waals surface area contributed by atoms with E-state index in [2.05, 4.69) is 10.0 Å². The summed E-state index contributed by atoms with van der Waals surface area (Å²) in [6.07, 6.45) is 1.85. The molecule has 1 fully saturated rings. The molecule has 1 amide bonds. The highest BCUT2D eigenvalue weighted by Crippen LogP contribution is 2.22. The number of nitrogens with one attached hydrogen (secondary N) is 2. The molecule has 2 N–H and O–H groups in total. The van der Waals surface area contributed by atoms with Gasteiger partial charge in [-0.3, -0.25) is 9.52 Å². The predicted molar refractivity (Wildman–Crippen MR) is 99.6 cm³/mol. The van der Waals surface area contributed by atoms with E-state index in [0.29, 0.717) is 30.4 Å². The van der Waals surface area contributed by atoms with Gasteiger partial charge in [0.05, 0.1) is 0 Å². The van der Waals surface area contributed by atoms with Gasteiger partial charge in [0.15, 0.2) is 0 Å². The lowest BCUT2D eigenvalue weighted by atomic mass is 10.0. The van der Waals surface area contributed by atoms with E-state index in [9.17, 15) is 13.2 Å². The first-order valence-corrected chi connectivity index (χ1v) is 10.5. The minimum atomic E-state index is -3.61. The molecule has 6 nitrogen and oxygen atoms in total. The van der Waals surface area contributed by atoms with Crippen molar-refractivity contribution < 1.29 is 13.2 Å². The Kier molecular flexibility index (Phi) is 5.41. The van der Waals surface area contributed by atoms with Crippen LogP contribution >= 0.6 is 11.3 Å². The zero-order chi connectivity index (χ0) is 17.9. The average Bonchev–Trinajstić information content (AvgIpc) is 3.17. The van der Waals surface area contributed by atoms with Crippen molar-refractivity contribution in [2.45, 2.75) is 23.1 Å². The molecule has 1 aromatic carbocycles. The Balaban J connectivity index is 1.72. The van der Waals surface area contributed by atoms with Crippen molar-refractivity contribution in [2.75, 3.05) is 24.9 Å². The Bertz CT molecular complexity index is 827. The molecule has 0 saturated carbocycles. The van der Waals surface area contributed by atoms with Gasteiger partial charge in [-0.05, 0) is 49.5 Å². The summed E-state index contributed by atoms with van der Waals surface area (Å²) in [5, 5.41) is 4.95. The molecule has 0 spiro atoms. The molecule has 134 valence electrons. The molecular formula is C17H21N3O3S2. The van der Waals surface area contributed by atoms with Crippen LogP contribution in [0.15, 0.2) is 46.0 Å². The number of hydrogen-bond acceptors (Lipinski definition) is 5. The second kappa shape index (κ2) is 7.55. The van der Waals surface area contributed by atoms with Crippen molar-refractivity contribution in [3.63, 3.8) is 0 Å². The highest BCUT2D eigenvalue weighted by molar-refractivity contribution is 7.94. The van der Waals surface area contributed by atoms with Gasteiger partial charge < -0.3 is 10.2 Å². The Morgan fingerprint density at radius 2 is 1.96 bits per heavy atom. The normalized spacial score (nSPS) is 16.0. The Morgan fingerprint density at radius 3 is 2.60 bits per heavy atom. The molecule has 1 aliphatic heterocycles. The fourth-order valence-electron chi connectivity index (χ4n) is 2.89. The summed E-state index contributed by atoms with van der Waals surface area (Å²) in [5.74, 6) is -0.0632. The molecule has 0 bridgehead atoms. The van der Waals surface area contributed by atoms with Crippen LogP contribution in [0, 0.1) is 0 Å². The number of hydrogen-bond donors (Lipinski definition) is 2. The van der Waals surface area contributed by atoms with E-state index in [1.54, 1.807) is 41.8 Å². The summed E-state index contributed by atoms with van der Waals surface area (Å²) in [7, 11) is -1.68. The molecule has 1 aromatic heterocycles. The van der Waals surface area contributed by atoms with E-state index in [1.807, 2.05) is 11.9 Å². The van der Waals surface area contributed by atoms with Gasteiger partial charge in [-0.1, -0.05) is 12.1 Å². The summed E-state index contributed by atoms with van der Waals surface area (Å²) in [6.45, 7) is 1.41. The number of likely N-dealkylation sites (tertiary alicyclic amines) is 1. The third-order valence-corrected chi connectivity index (χ3v) is 7.09. The van der Waals surface area contributed by atoms with E-state index in [-0.39, 0.29) is 10.1 Å². The molecule has 0 unspecified atom stereocenters. The Hall–Kier alpha value is -1.90. The molecule has 0 aliphatic carbocycles. The zero-order valence-corrected chi connectivity index (χ0v) is 15.6. The monoisotopic (exact) mass is 379 g/mol. The van der Waals surface area contributed by atoms with Gasteiger partial charge in [0.2, 0.25) is 0 Å². The number of thiophene rings is 1. The first-order valence-electron chi connectivity index (χ1n) is 8.12. The minimum Gasteiger partial charge on any atom is -0.339 e. The zero-order valence-electron chi connectivity index (χ0n) is 13.9. The maximum Gasteiger partial charge on any atom is 0.271 e. The number of anilines is 1. The van der Waals surface area contributed by atoms with Crippen LogP contribution < -0.4 is 10.0 Å². The van der Waals surface area contributed by atoms with Gasteiger partial charge in [-0.2, -0.15) is 0 Å². The Labute approximate surface area is 151 Å². The maximum absolute atomic E-state index is 12.7. The van der Waals surface area contributed by atoms with Crippen molar-refractivity contribution in [3.05, 3.63) is 47.3 Å². The quantitative estimate of drug-likeness (QED) is 0.836. The molecule has 2 aromatic rings. The molecule has 2 heterocycles. The summed E-state index contributed by atoms with van der Waals surface area (Å²) in [6, 6.07) is 10.3. The molecule has 3 rings (SSSR count). The third-order valence-electron chi connectivity index (χ3n) is 4.31. The number of benzene rings is 1. The first-order chi connectivity index (χ1) is 12.0. The van der Waals surface area contributed by atoms with Crippen LogP contribution in [0.4, 0.5) is 5.69 Å². The molecule has 1 saturated heterocycles. The minimum absolute atomic E-state index is 0.0632. The maximum atomic E-state index is 12.7. The second-order valence-corrected chi connectivity index (χ2v) is 8.83. The molecule has 0 radical (unpaired) electrons. The highest BCUT2D eigenvalue weighted by atomic mass is 32.2. The van der Waals surface area contributed by atoms with Crippen LogP contribution in [-0.2, 0) is 10.0 Å². The molecule has 0 atom stereocenters. The summed E-state index contributed by atoms with van der Waals surface area (Å²) >= 11 is 1.15. The van der Waals surface area contributed by atoms with Crippen molar-refractivity contribution in [1.29, 1.82) is 0 Å². The summed E-state index contributed by atoms with van der Waals surface area (Å²) in [4.78, 5) is 14.5. The van der Waals surface area contributed by atoms with Gasteiger partial charge >= 0.3 is 0 Å². The van der Waals surface area contributed by atoms with Crippen LogP contribution in [0.5, 0.6) is 0 Å². The van der Waals surface area contributed by atoms with Crippen LogP contribution in [0.3, 0.4) is 0 Å². The molecule has 25 heavy (non-hydrogen) atoms. The van der Waals surface area contributed by atoms with Gasteiger partial charge in [0.25, 0.3) is 15.9 Å². The lowest BCUT2D eigenvalue weighted by Crippen LogP contribution is -2.43. The highest BCUT2D eigenvalue weighted by Gasteiger charge is 2.23. The number of sulfonamides is 1. The lowest BCUT2D eigenvalue weighted by molar-refractivity contribution is 0.0707. The number of rotatable bonds is 5. The predicted octanol–water partition coefficient (Wildman–Crippen LogP) is 2.37. The van der Waals surface area contributed by atoms with Gasteiger partial charge in [0.1, 0.15) is 4.21 Å². The summed E-state index contributed by atoms with van der Waals surface area (Å²) in [5.41, 5.74) is 0.888. The largest absolute Gasteiger partial charge is 0.339 e. The van der Waals surface area contributed by atoms with Crippen molar-refractivity contribution >= 4 is 33.0 Å². The van der Waals surface area contributed by atoms with Crippen molar-refractivity contribution in [1.82, 2.24) is 10.2 Å². The van der Waals surface area contributed by atoms with E-state index in [1.165, 1.54) is 0 Å². The Morgan fingerprint density at radius 1 is 1.20 bits per heavy atom. The van der Waals surface area contributed by atoms with E-state index in [4.69, 9.17) is 0 Å². The number of piperidine rings is 1. The summed E-state index contributed by atoms with van der Waals surface area (Å²) < 4.78 is 27.4. The fraction of sp³-hybridized carbons (Fsp3) is 0.353. The lowest BCUT2D eigenvalue weighted by Gasteiger charge is -2.32. The van der Waals surface area contributed by atoms with Crippen LogP contribution in [0.25, 0.3) is 0 Å². The molecule has 1 aliphatic rings. The van der Waals surface area contributed by atoms with Crippen molar-refractivity contribution in [2.24, 2.45) is 0 Å². The van der Waals surface area contributed by atoms with Gasteiger partial charge in [-0.15, -0.1) is 11.3 Å². The van der Waals surface area contributed by atoms with Crippen LogP contribution in [0.2, 0.25) is 0 Å². The number of amides is 1. The number of carbonyl (C=O) groups excluding carboxylic acids is 1. The second-order valence-electron chi connectivity index (χ2n) is 5.97. The number of nitrogens with zero attached hydrogens (tertiary/aromatic N) is 1. The van der Waals surface area contributed by atoms with Crippen LogP contribution in [0.1, 0.15) is 23.2 Å². The number of carbonyl (C=O) groups is 1. The molecule has 8 heteroatoms. The van der Waals surface area contributed by atoms with Gasteiger partial charge in [0, 0.05) is 30.4 Å². The smallest absolute Gasteiger partial charge is 0.271 e.